The van der Waals surface area contributed by atoms with E-state index < -0.39 is 6.03 Å². The highest BCUT2D eigenvalue weighted by Gasteiger charge is 2.31. The number of rotatable bonds is 7. The standard InChI is InChI=1S/C25H32N4O4/c1-3-28(21-11-12-29(16-21)18(2)19-7-5-4-6-8-19)17-24(30)27-25(31)26-20-9-10-22-23(15-20)33-14-13-32-22/h4-10,15,18,21H,3,11-14,16-17H2,1-2H3,(H2,26,27,30,31). The van der Waals surface area contributed by atoms with Crippen molar-refractivity contribution in [3.63, 3.8) is 0 Å². The van der Waals surface area contributed by atoms with Crippen molar-refractivity contribution in [2.24, 2.45) is 0 Å². The zero-order chi connectivity index (χ0) is 23.2. The Bertz CT molecular complexity index is 968. The summed E-state index contributed by atoms with van der Waals surface area (Å²) in [5.41, 5.74) is 1.84. The Balaban J connectivity index is 1.27. The van der Waals surface area contributed by atoms with Gasteiger partial charge in [-0.25, -0.2) is 4.79 Å². The summed E-state index contributed by atoms with van der Waals surface area (Å²) in [6.07, 6.45) is 1.00. The van der Waals surface area contributed by atoms with Crippen molar-refractivity contribution in [1.82, 2.24) is 15.1 Å². The molecule has 0 aromatic heterocycles. The molecule has 2 aromatic carbocycles. The van der Waals surface area contributed by atoms with Crippen LogP contribution in [0, 0.1) is 0 Å². The Morgan fingerprint density at radius 1 is 1.12 bits per heavy atom. The highest BCUT2D eigenvalue weighted by Crippen LogP contribution is 2.32. The minimum absolute atomic E-state index is 0.184. The Morgan fingerprint density at radius 3 is 2.64 bits per heavy atom. The van der Waals surface area contributed by atoms with E-state index in [9.17, 15) is 9.59 Å². The molecule has 1 saturated heterocycles. The highest BCUT2D eigenvalue weighted by molar-refractivity contribution is 6.01. The molecular formula is C25H32N4O4. The van der Waals surface area contributed by atoms with Gasteiger partial charge in [0.2, 0.25) is 5.91 Å². The van der Waals surface area contributed by atoms with Crippen LogP contribution in [0.4, 0.5) is 10.5 Å². The van der Waals surface area contributed by atoms with Crippen LogP contribution in [-0.4, -0.2) is 67.2 Å². The van der Waals surface area contributed by atoms with E-state index in [0.29, 0.717) is 36.4 Å². The minimum atomic E-state index is -0.557. The maximum absolute atomic E-state index is 12.6. The Morgan fingerprint density at radius 2 is 1.88 bits per heavy atom. The number of hydrogen-bond acceptors (Lipinski definition) is 6. The van der Waals surface area contributed by atoms with E-state index in [2.05, 4.69) is 51.6 Å². The third kappa shape index (κ3) is 5.83. The van der Waals surface area contributed by atoms with E-state index in [4.69, 9.17) is 9.47 Å². The molecular weight excluding hydrogens is 420 g/mol. The number of anilines is 1. The molecule has 8 nitrogen and oxygen atoms in total. The van der Waals surface area contributed by atoms with Crippen molar-refractivity contribution in [3.8, 4) is 11.5 Å². The number of fused-ring (bicyclic) bond motifs is 1. The summed E-state index contributed by atoms with van der Waals surface area (Å²) in [6.45, 7) is 8.07. The topological polar surface area (TPSA) is 83.1 Å². The van der Waals surface area contributed by atoms with E-state index in [0.717, 1.165) is 26.1 Å². The van der Waals surface area contributed by atoms with Crippen molar-refractivity contribution in [2.75, 3.05) is 44.7 Å². The lowest BCUT2D eigenvalue weighted by Gasteiger charge is -2.29. The van der Waals surface area contributed by atoms with Gasteiger partial charge in [-0.1, -0.05) is 37.3 Å². The highest BCUT2D eigenvalue weighted by atomic mass is 16.6. The number of carbonyl (C=O) groups is 2. The summed E-state index contributed by atoms with van der Waals surface area (Å²) in [7, 11) is 0. The summed E-state index contributed by atoms with van der Waals surface area (Å²) in [5.74, 6) is 0.911. The lowest BCUT2D eigenvalue weighted by Crippen LogP contribution is -2.46. The van der Waals surface area contributed by atoms with Crippen LogP contribution < -0.4 is 20.1 Å². The van der Waals surface area contributed by atoms with Gasteiger partial charge in [0.05, 0.1) is 6.54 Å². The summed E-state index contributed by atoms with van der Waals surface area (Å²) in [6, 6.07) is 15.7. The van der Waals surface area contributed by atoms with Crippen molar-refractivity contribution >= 4 is 17.6 Å². The van der Waals surface area contributed by atoms with E-state index in [1.807, 2.05) is 13.0 Å². The molecule has 1 fully saturated rings. The van der Waals surface area contributed by atoms with Crippen LogP contribution in [0.25, 0.3) is 0 Å². The van der Waals surface area contributed by atoms with E-state index in [-0.39, 0.29) is 18.5 Å². The first-order chi connectivity index (χ1) is 16.0. The SMILES string of the molecule is CCN(CC(=O)NC(=O)Nc1ccc2c(c1)OCCO2)C1CCN(C(C)c2ccccc2)C1. The number of likely N-dealkylation sites (N-methyl/N-ethyl adjacent to an activating group) is 1. The molecule has 2 aromatic rings. The monoisotopic (exact) mass is 452 g/mol. The number of nitrogens with one attached hydrogen (secondary N) is 2. The fourth-order valence-corrected chi connectivity index (χ4v) is 4.49. The molecule has 0 bridgehead atoms. The predicted octanol–water partition coefficient (Wildman–Crippen LogP) is 3.26. The molecule has 0 saturated carbocycles. The fourth-order valence-electron chi connectivity index (χ4n) is 4.49. The van der Waals surface area contributed by atoms with E-state index in [1.165, 1.54) is 5.56 Å². The van der Waals surface area contributed by atoms with Gasteiger partial charge in [-0.2, -0.15) is 0 Å². The lowest BCUT2D eigenvalue weighted by molar-refractivity contribution is -0.121. The van der Waals surface area contributed by atoms with Gasteiger partial charge in [0.1, 0.15) is 13.2 Å². The van der Waals surface area contributed by atoms with Crippen molar-refractivity contribution in [1.29, 1.82) is 0 Å². The van der Waals surface area contributed by atoms with Gasteiger partial charge in [0, 0.05) is 36.9 Å². The van der Waals surface area contributed by atoms with Gasteiger partial charge in [-0.05, 0) is 37.6 Å². The molecule has 2 unspecified atom stereocenters. The van der Waals surface area contributed by atoms with Crippen molar-refractivity contribution in [2.45, 2.75) is 32.4 Å². The number of imide groups is 1. The number of carbonyl (C=O) groups excluding carboxylic acids is 2. The first-order valence-electron chi connectivity index (χ1n) is 11.6. The van der Waals surface area contributed by atoms with Crippen LogP contribution in [0.2, 0.25) is 0 Å². The maximum Gasteiger partial charge on any atom is 0.325 e. The number of nitrogens with zero attached hydrogens (tertiary/aromatic N) is 2. The molecule has 0 radical (unpaired) electrons. The van der Waals surface area contributed by atoms with Crippen LogP contribution in [-0.2, 0) is 4.79 Å². The quantitative estimate of drug-likeness (QED) is 0.671. The zero-order valence-corrected chi connectivity index (χ0v) is 19.3. The molecule has 0 spiro atoms. The summed E-state index contributed by atoms with van der Waals surface area (Å²) in [4.78, 5) is 29.5. The first kappa shape index (κ1) is 23.1. The van der Waals surface area contributed by atoms with Gasteiger partial charge in [0.15, 0.2) is 11.5 Å². The number of likely N-dealkylation sites (tertiary alicyclic amines) is 1. The van der Waals surface area contributed by atoms with Gasteiger partial charge in [-0.3, -0.25) is 19.9 Å². The van der Waals surface area contributed by atoms with E-state index >= 15 is 0 Å². The molecule has 33 heavy (non-hydrogen) atoms. The molecule has 3 amide bonds. The third-order valence-electron chi connectivity index (χ3n) is 6.35. The van der Waals surface area contributed by atoms with Crippen molar-refractivity contribution < 1.29 is 19.1 Å². The van der Waals surface area contributed by atoms with Gasteiger partial charge >= 0.3 is 6.03 Å². The first-order valence-corrected chi connectivity index (χ1v) is 11.6. The smallest absolute Gasteiger partial charge is 0.325 e. The molecule has 2 N–H and O–H groups in total. The minimum Gasteiger partial charge on any atom is -0.486 e. The number of urea groups is 1. The second kappa shape index (κ2) is 10.7. The second-order valence-electron chi connectivity index (χ2n) is 8.45. The molecule has 176 valence electrons. The van der Waals surface area contributed by atoms with Crippen LogP contribution in [0.5, 0.6) is 11.5 Å². The predicted molar refractivity (Wildman–Crippen MR) is 127 cm³/mol. The largest absolute Gasteiger partial charge is 0.486 e. The molecule has 8 heteroatoms. The Hall–Kier alpha value is -3.10. The molecule has 2 aliphatic rings. The normalized spacial score (nSPS) is 18.7. The van der Waals surface area contributed by atoms with Crippen LogP contribution in [0.3, 0.4) is 0 Å². The molecule has 2 heterocycles. The maximum atomic E-state index is 12.6. The number of ether oxygens (including phenoxy) is 2. The van der Waals surface area contributed by atoms with Crippen molar-refractivity contribution in [3.05, 3.63) is 54.1 Å². The summed E-state index contributed by atoms with van der Waals surface area (Å²) < 4.78 is 11.0. The average Bonchev–Trinajstić information content (AvgIpc) is 3.32. The molecule has 0 aliphatic carbocycles. The lowest BCUT2D eigenvalue weighted by atomic mass is 10.1. The Kier molecular flexibility index (Phi) is 7.47. The van der Waals surface area contributed by atoms with E-state index in [1.54, 1.807) is 18.2 Å². The molecule has 2 aliphatic heterocycles. The van der Waals surface area contributed by atoms with Gasteiger partial charge in [-0.15, -0.1) is 0 Å². The van der Waals surface area contributed by atoms with Gasteiger partial charge in [0.25, 0.3) is 0 Å². The third-order valence-corrected chi connectivity index (χ3v) is 6.35. The second-order valence-corrected chi connectivity index (χ2v) is 8.45. The fraction of sp³-hybridized carbons (Fsp3) is 0.440. The summed E-state index contributed by atoms with van der Waals surface area (Å²) >= 11 is 0. The number of amides is 3. The number of benzene rings is 2. The van der Waals surface area contributed by atoms with Crippen LogP contribution >= 0.6 is 0 Å². The van der Waals surface area contributed by atoms with Crippen LogP contribution in [0.1, 0.15) is 31.9 Å². The average molecular weight is 453 g/mol. The molecule has 2 atom stereocenters. The molecule has 4 rings (SSSR count). The van der Waals surface area contributed by atoms with Gasteiger partial charge < -0.3 is 14.8 Å². The Labute approximate surface area is 194 Å². The summed E-state index contributed by atoms with van der Waals surface area (Å²) in [5, 5.41) is 5.13. The van der Waals surface area contributed by atoms with Crippen LogP contribution in [0.15, 0.2) is 48.5 Å². The zero-order valence-electron chi connectivity index (χ0n) is 19.3. The number of hydrogen-bond donors (Lipinski definition) is 2.